The van der Waals surface area contributed by atoms with Gasteiger partial charge in [-0.2, -0.15) is 0 Å². The van der Waals surface area contributed by atoms with E-state index in [1.54, 1.807) is 0 Å². The van der Waals surface area contributed by atoms with Crippen LogP contribution in [0.3, 0.4) is 0 Å². The lowest BCUT2D eigenvalue weighted by molar-refractivity contribution is 1.18. The average molecular weight is 739 g/mol. The van der Waals surface area contributed by atoms with Crippen molar-refractivity contribution in [3.63, 3.8) is 0 Å². The monoisotopic (exact) mass is 738 g/mol. The number of fused-ring (bicyclic) bond motifs is 5. The van der Waals surface area contributed by atoms with Crippen molar-refractivity contribution < 1.29 is 0 Å². The van der Waals surface area contributed by atoms with Crippen molar-refractivity contribution in [1.29, 1.82) is 0 Å². The molecule has 0 aliphatic rings. The van der Waals surface area contributed by atoms with Crippen LogP contribution in [0.25, 0.3) is 82.4 Å². The summed E-state index contributed by atoms with van der Waals surface area (Å²) in [6, 6.07) is 83.6. The van der Waals surface area contributed by atoms with Crippen LogP contribution in [0.1, 0.15) is 0 Å². The van der Waals surface area contributed by atoms with Gasteiger partial charge in [0.1, 0.15) is 0 Å². The summed E-state index contributed by atoms with van der Waals surface area (Å²) in [6.45, 7) is 0. The molecule has 0 unspecified atom stereocenters. The van der Waals surface area contributed by atoms with Crippen LogP contribution in [0.4, 0.5) is 17.1 Å². The van der Waals surface area contributed by atoms with Crippen LogP contribution in [0, 0.1) is 0 Å². The van der Waals surface area contributed by atoms with E-state index in [0.29, 0.717) is 0 Å². The van der Waals surface area contributed by atoms with E-state index in [4.69, 9.17) is 0 Å². The molecule has 0 N–H and O–H groups in total. The van der Waals surface area contributed by atoms with Crippen molar-refractivity contribution in [3.05, 3.63) is 231 Å². The van der Waals surface area contributed by atoms with Gasteiger partial charge in [-0.3, -0.25) is 0 Å². The maximum atomic E-state index is 2.41. The van der Waals surface area contributed by atoms with Crippen LogP contribution in [0.2, 0.25) is 0 Å². The fourth-order valence-corrected chi connectivity index (χ4v) is 8.84. The summed E-state index contributed by atoms with van der Waals surface area (Å²) < 4.78 is 2.41. The minimum atomic E-state index is 1.10. The zero-order chi connectivity index (χ0) is 38.4. The Labute approximate surface area is 338 Å². The van der Waals surface area contributed by atoms with Crippen LogP contribution in [-0.2, 0) is 0 Å². The molecule has 0 spiro atoms. The number of hydrogen-bond donors (Lipinski definition) is 0. The minimum absolute atomic E-state index is 1.10. The number of para-hydroxylation sites is 4. The average Bonchev–Trinajstić information content (AvgIpc) is 3.64. The molecule has 0 aliphatic heterocycles. The van der Waals surface area contributed by atoms with Crippen molar-refractivity contribution >= 4 is 60.4 Å². The first-order valence-corrected chi connectivity index (χ1v) is 19.9. The molecule has 1 heterocycles. The summed E-state index contributed by atoms with van der Waals surface area (Å²) in [6.07, 6.45) is 0. The van der Waals surface area contributed by atoms with Gasteiger partial charge < -0.3 is 9.47 Å². The van der Waals surface area contributed by atoms with Crippen LogP contribution in [0.15, 0.2) is 231 Å². The van der Waals surface area contributed by atoms with Gasteiger partial charge in [0.15, 0.2) is 0 Å². The van der Waals surface area contributed by atoms with E-state index in [1.165, 1.54) is 82.4 Å². The third-order valence-electron chi connectivity index (χ3n) is 11.6. The Kier molecular flexibility index (Phi) is 8.19. The molecule has 0 bridgehead atoms. The molecule has 1 aromatic heterocycles. The molecule has 0 atom stereocenters. The maximum absolute atomic E-state index is 2.41. The first-order chi connectivity index (χ1) is 28.8. The van der Waals surface area contributed by atoms with Crippen LogP contribution >= 0.6 is 0 Å². The molecule has 2 heteroatoms. The van der Waals surface area contributed by atoms with Gasteiger partial charge in [-0.25, -0.2) is 0 Å². The number of rotatable bonds is 7. The van der Waals surface area contributed by atoms with Crippen molar-refractivity contribution in [2.75, 3.05) is 4.90 Å². The van der Waals surface area contributed by atoms with Crippen molar-refractivity contribution in [1.82, 2.24) is 4.57 Å². The van der Waals surface area contributed by atoms with E-state index >= 15 is 0 Å². The van der Waals surface area contributed by atoms with Crippen LogP contribution in [-0.4, -0.2) is 4.57 Å². The van der Waals surface area contributed by atoms with Gasteiger partial charge in [-0.15, -0.1) is 0 Å². The van der Waals surface area contributed by atoms with Crippen molar-refractivity contribution in [2.24, 2.45) is 0 Å². The minimum Gasteiger partial charge on any atom is -0.310 e. The zero-order valence-electron chi connectivity index (χ0n) is 31.8. The third-order valence-corrected chi connectivity index (χ3v) is 11.6. The highest BCUT2D eigenvalue weighted by molar-refractivity contribution is 6.10. The standard InChI is InChI=1S/C56H38N2/c1-2-16-44-38-46(37-34-39(44)14-1)57(54-25-10-6-20-50(54)49-23-13-17-42-15-3-4-18-47(42)49)45-35-32-41(33-36-45)40-28-30-43(31-29-40)48-19-5-9-24-53(48)58-55-26-11-7-21-51(55)52-22-8-12-27-56(52)58/h1-38H. The predicted molar refractivity (Wildman–Crippen MR) is 247 cm³/mol. The normalized spacial score (nSPS) is 11.4. The lowest BCUT2D eigenvalue weighted by Gasteiger charge is -2.28. The second-order valence-corrected chi connectivity index (χ2v) is 14.9. The molecule has 272 valence electrons. The molecule has 2 nitrogen and oxygen atoms in total. The molecule has 0 aliphatic carbocycles. The molecule has 0 amide bonds. The lowest BCUT2D eigenvalue weighted by atomic mass is 9.95. The second-order valence-electron chi connectivity index (χ2n) is 14.9. The number of aromatic nitrogens is 1. The number of nitrogens with zero attached hydrogens (tertiary/aromatic N) is 2. The van der Waals surface area contributed by atoms with Crippen LogP contribution in [0.5, 0.6) is 0 Å². The van der Waals surface area contributed by atoms with Crippen molar-refractivity contribution in [2.45, 2.75) is 0 Å². The zero-order valence-corrected chi connectivity index (χ0v) is 31.8. The highest BCUT2D eigenvalue weighted by Crippen LogP contribution is 2.44. The number of hydrogen-bond acceptors (Lipinski definition) is 1. The van der Waals surface area contributed by atoms with E-state index in [-0.39, 0.29) is 0 Å². The maximum Gasteiger partial charge on any atom is 0.0541 e. The Morgan fingerprint density at radius 1 is 0.293 bits per heavy atom. The predicted octanol–water partition coefficient (Wildman–Crippen LogP) is 15.6. The molecule has 0 saturated carbocycles. The molecule has 0 fully saturated rings. The topological polar surface area (TPSA) is 8.17 Å². The van der Waals surface area contributed by atoms with Gasteiger partial charge in [0.05, 0.1) is 22.4 Å². The van der Waals surface area contributed by atoms with Gasteiger partial charge in [0.2, 0.25) is 0 Å². The van der Waals surface area contributed by atoms with Gasteiger partial charge >= 0.3 is 0 Å². The van der Waals surface area contributed by atoms with E-state index in [1.807, 2.05) is 0 Å². The Bertz CT molecular complexity index is 3220. The Hall–Kier alpha value is -7.68. The largest absolute Gasteiger partial charge is 0.310 e. The van der Waals surface area contributed by atoms with Gasteiger partial charge in [0.25, 0.3) is 0 Å². The molecule has 11 aromatic rings. The summed E-state index contributed by atoms with van der Waals surface area (Å²) in [7, 11) is 0. The molecule has 10 aromatic carbocycles. The highest BCUT2D eigenvalue weighted by Gasteiger charge is 2.19. The van der Waals surface area contributed by atoms with Crippen molar-refractivity contribution in [3.8, 4) is 39.1 Å². The molecule has 58 heavy (non-hydrogen) atoms. The summed E-state index contributed by atoms with van der Waals surface area (Å²) >= 11 is 0. The van der Waals surface area contributed by atoms with E-state index in [2.05, 4.69) is 240 Å². The van der Waals surface area contributed by atoms with E-state index in [9.17, 15) is 0 Å². The molecular weight excluding hydrogens is 701 g/mol. The molecular formula is C56H38N2. The van der Waals surface area contributed by atoms with Gasteiger partial charge in [-0.05, 0) is 92.3 Å². The smallest absolute Gasteiger partial charge is 0.0541 e. The Morgan fingerprint density at radius 2 is 0.793 bits per heavy atom. The fourth-order valence-electron chi connectivity index (χ4n) is 8.84. The summed E-state index contributed by atoms with van der Waals surface area (Å²) in [4.78, 5) is 2.40. The van der Waals surface area contributed by atoms with Crippen LogP contribution < -0.4 is 4.90 Å². The summed E-state index contributed by atoms with van der Waals surface area (Å²) in [5, 5.41) is 7.45. The molecule has 0 saturated heterocycles. The van der Waals surface area contributed by atoms with E-state index in [0.717, 1.165) is 17.1 Å². The lowest BCUT2D eigenvalue weighted by Crippen LogP contribution is -2.11. The first-order valence-electron chi connectivity index (χ1n) is 19.9. The molecule has 11 rings (SSSR count). The SMILES string of the molecule is c1ccc(N(c2ccc(-c3ccc(-c4ccccc4-n4c5ccccc5c5ccccc54)cc3)cc2)c2ccc3ccccc3c2)c(-c2cccc3ccccc23)c1. The summed E-state index contributed by atoms with van der Waals surface area (Å²) in [5.74, 6) is 0. The Morgan fingerprint density at radius 3 is 1.53 bits per heavy atom. The second kappa shape index (κ2) is 14.1. The van der Waals surface area contributed by atoms with E-state index < -0.39 is 0 Å². The molecule has 0 radical (unpaired) electrons. The third kappa shape index (κ3) is 5.74. The number of benzene rings is 10. The van der Waals surface area contributed by atoms with Gasteiger partial charge in [-0.1, -0.05) is 182 Å². The first kappa shape index (κ1) is 33.6. The highest BCUT2D eigenvalue weighted by atomic mass is 15.1. The Balaban J connectivity index is 0.984. The summed E-state index contributed by atoms with van der Waals surface area (Å²) in [5.41, 5.74) is 14.1. The fraction of sp³-hybridized carbons (Fsp3) is 0. The van der Waals surface area contributed by atoms with Gasteiger partial charge in [0, 0.05) is 33.3 Å². The number of anilines is 3. The quantitative estimate of drug-likeness (QED) is 0.158.